The molecule has 1 aromatic heterocycles. The Morgan fingerprint density at radius 3 is 2.33 bits per heavy atom. The third kappa shape index (κ3) is 4.82. The molecule has 0 aliphatic rings. The second kappa shape index (κ2) is 8.31. The van der Waals surface area contributed by atoms with Crippen LogP contribution in [-0.2, 0) is 6.54 Å². The lowest BCUT2D eigenvalue weighted by Crippen LogP contribution is -2.14. The zero-order chi connectivity index (χ0) is 19.2. The predicted molar refractivity (Wildman–Crippen MR) is 107 cm³/mol. The Morgan fingerprint density at radius 1 is 1.00 bits per heavy atom. The first kappa shape index (κ1) is 18.4. The number of carbonyl (C=O) groups excluding carboxylic acids is 1. The van der Waals surface area contributed by atoms with Gasteiger partial charge >= 0.3 is 0 Å². The quantitative estimate of drug-likeness (QED) is 0.690. The number of carbonyl (C=O) groups is 1. The van der Waals surface area contributed by atoms with Crippen LogP contribution in [0.1, 0.15) is 16.1 Å². The average Bonchev–Trinajstić information content (AvgIpc) is 2.68. The normalized spacial score (nSPS) is 10.3. The molecule has 5 nitrogen and oxygen atoms in total. The first-order valence-electron chi connectivity index (χ1n) is 8.55. The Hall–Kier alpha value is -3.41. The van der Waals surface area contributed by atoms with E-state index < -0.39 is 0 Å². The molecule has 6 heteroatoms. The van der Waals surface area contributed by atoms with Crippen LogP contribution in [0.3, 0.4) is 0 Å². The minimum Gasteiger partial charge on any atom is -0.380 e. The van der Waals surface area contributed by atoms with Gasteiger partial charge in [-0.15, -0.1) is 0 Å². The zero-order valence-corrected chi connectivity index (χ0v) is 15.2. The number of benzene rings is 2. The lowest BCUT2D eigenvalue weighted by Gasteiger charge is -2.13. The van der Waals surface area contributed by atoms with Crippen LogP contribution in [0, 0.1) is 5.82 Å². The molecule has 1 amide bonds. The molecule has 0 fully saturated rings. The van der Waals surface area contributed by atoms with Crippen LogP contribution >= 0.6 is 0 Å². The van der Waals surface area contributed by atoms with Crippen molar-refractivity contribution in [2.45, 2.75) is 6.54 Å². The second-order valence-corrected chi connectivity index (χ2v) is 6.27. The molecular weight excluding hydrogens is 343 g/mol. The minimum atomic E-state index is -0.284. The molecule has 0 bridgehead atoms. The minimum absolute atomic E-state index is 0.255. The number of halogens is 1. The largest absolute Gasteiger partial charge is 0.380 e. The summed E-state index contributed by atoms with van der Waals surface area (Å²) in [6.45, 7) is 0.345. The summed E-state index contributed by atoms with van der Waals surface area (Å²) >= 11 is 0. The molecule has 3 aromatic rings. The molecule has 3 rings (SSSR count). The highest BCUT2D eigenvalue weighted by Gasteiger charge is 2.08. The predicted octanol–water partition coefficient (Wildman–Crippen LogP) is 4.15. The fraction of sp³-hybridized carbons (Fsp3) is 0.143. The van der Waals surface area contributed by atoms with Crippen molar-refractivity contribution in [3.05, 3.63) is 83.9 Å². The highest BCUT2D eigenvalue weighted by Crippen LogP contribution is 2.17. The van der Waals surface area contributed by atoms with Crippen molar-refractivity contribution in [1.29, 1.82) is 0 Å². The Morgan fingerprint density at radius 2 is 1.70 bits per heavy atom. The van der Waals surface area contributed by atoms with Gasteiger partial charge in [0.05, 0.1) is 11.9 Å². The van der Waals surface area contributed by atoms with Gasteiger partial charge in [0.25, 0.3) is 5.91 Å². The summed E-state index contributed by atoms with van der Waals surface area (Å²) in [6.07, 6.45) is 1.56. The molecule has 27 heavy (non-hydrogen) atoms. The number of hydrogen-bond acceptors (Lipinski definition) is 4. The summed E-state index contributed by atoms with van der Waals surface area (Å²) in [4.78, 5) is 18.5. The first-order valence-corrected chi connectivity index (χ1v) is 8.55. The molecule has 0 unspecified atom stereocenters. The van der Waals surface area contributed by atoms with Crippen LogP contribution in [0.2, 0.25) is 0 Å². The number of rotatable bonds is 6. The van der Waals surface area contributed by atoms with E-state index in [9.17, 15) is 9.18 Å². The Balaban J connectivity index is 1.59. The van der Waals surface area contributed by atoms with Crippen LogP contribution in [0.4, 0.5) is 21.5 Å². The van der Waals surface area contributed by atoms with Crippen molar-refractivity contribution in [2.75, 3.05) is 29.6 Å². The Bertz CT molecular complexity index is 908. The number of aromatic nitrogens is 1. The SMILES string of the molecule is CN(C)c1ccc(NC(=O)c2ccc(NCc3ccccc3F)cn2)cc1. The van der Waals surface area contributed by atoms with E-state index in [0.717, 1.165) is 5.69 Å². The molecule has 1 heterocycles. The topological polar surface area (TPSA) is 57.3 Å². The van der Waals surface area contributed by atoms with Gasteiger partial charge in [0.15, 0.2) is 0 Å². The van der Waals surface area contributed by atoms with Crippen molar-refractivity contribution in [1.82, 2.24) is 4.98 Å². The highest BCUT2D eigenvalue weighted by atomic mass is 19.1. The number of amides is 1. The van der Waals surface area contributed by atoms with Crippen molar-refractivity contribution >= 4 is 23.0 Å². The van der Waals surface area contributed by atoms with Gasteiger partial charge in [-0.05, 0) is 42.5 Å². The van der Waals surface area contributed by atoms with Crippen molar-refractivity contribution in [3.8, 4) is 0 Å². The Labute approximate surface area is 157 Å². The van der Waals surface area contributed by atoms with Gasteiger partial charge in [0.2, 0.25) is 0 Å². The van der Waals surface area contributed by atoms with Gasteiger partial charge in [-0.25, -0.2) is 9.37 Å². The van der Waals surface area contributed by atoms with E-state index in [4.69, 9.17) is 0 Å². The van der Waals surface area contributed by atoms with Crippen molar-refractivity contribution in [3.63, 3.8) is 0 Å². The number of anilines is 3. The summed E-state index contributed by atoms with van der Waals surface area (Å²) < 4.78 is 13.6. The smallest absolute Gasteiger partial charge is 0.274 e. The molecule has 0 aliphatic carbocycles. The maximum absolute atomic E-state index is 13.6. The van der Waals surface area contributed by atoms with Crippen LogP contribution in [-0.4, -0.2) is 25.0 Å². The third-order valence-corrected chi connectivity index (χ3v) is 4.08. The molecule has 0 saturated carbocycles. The molecule has 0 atom stereocenters. The van der Waals surface area contributed by atoms with E-state index in [1.165, 1.54) is 6.07 Å². The van der Waals surface area contributed by atoms with E-state index in [1.54, 1.807) is 36.5 Å². The van der Waals surface area contributed by atoms with Crippen LogP contribution in [0.25, 0.3) is 0 Å². The second-order valence-electron chi connectivity index (χ2n) is 6.27. The maximum Gasteiger partial charge on any atom is 0.274 e. The first-order chi connectivity index (χ1) is 13.0. The van der Waals surface area contributed by atoms with Gasteiger partial charge in [-0.2, -0.15) is 0 Å². The fourth-order valence-corrected chi connectivity index (χ4v) is 2.51. The Kier molecular flexibility index (Phi) is 5.66. The number of hydrogen-bond donors (Lipinski definition) is 2. The van der Waals surface area contributed by atoms with E-state index in [-0.39, 0.29) is 11.7 Å². The molecule has 138 valence electrons. The third-order valence-electron chi connectivity index (χ3n) is 4.08. The lowest BCUT2D eigenvalue weighted by atomic mass is 10.2. The van der Waals surface area contributed by atoms with E-state index in [0.29, 0.717) is 29.2 Å². The van der Waals surface area contributed by atoms with Crippen LogP contribution in [0.5, 0.6) is 0 Å². The lowest BCUT2D eigenvalue weighted by molar-refractivity contribution is 0.102. The van der Waals surface area contributed by atoms with Gasteiger partial charge in [0, 0.05) is 37.6 Å². The number of pyridine rings is 1. The molecular formula is C21H21FN4O. The van der Waals surface area contributed by atoms with Crippen molar-refractivity contribution < 1.29 is 9.18 Å². The molecule has 0 radical (unpaired) electrons. The summed E-state index contributed by atoms with van der Waals surface area (Å²) in [5, 5.41) is 5.91. The monoisotopic (exact) mass is 364 g/mol. The average molecular weight is 364 g/mol. The fourth-order valence-electron chi connectivity index (χ4n) is 2.51. The molecule has 2 N–H and O–H groups in total. The van der Waals surface area contributed by atoms with Gasteiger partial charge in [0.1, 0.15) is 11.5 Å². The van der Waals surface area contributed by atoms with Crippen molar-refractivity contribution in [2.24, 2.45) is 0 Å². The van der Waals surface area contributed by atoms with E-state index in [1.807, 2.05) is 43.3 Å². The van der Waals surface area contributed by atoms with Gasteiger partial charge in [-0.1, -0.05) is 18.2 Å². The number of nitrogens with one attached hydrogen (secondary N) is 2. The van der Waals surface area contributed by atoms with Gasteiger partial charge < -0.3 is 15.5 Å². The maximum atomic E-state index is 13.6. The summed E-state index contributed by atoms with van der Waals surface area (Å²) in [6, 6.07) is 17.5. The zero-order valence-electron chi connectivity index (χ0n) is 15.2. The summed E-state index contributed by atoms with van der Waals surface area (Å²) in [5.74, 6) is -0.539. The van der Waals surface area contributed by atoms with Crippen LogP contribution in [0.15, 0.2) is 66.9 Å². The molecule has 0 saturated heterocycles. The number of nitrogens with zero attached hydrogens (tertiary/aromatic N) is 2. The summed E-state index contributed by atoms with van der Waals surface area (Å²) in [5.41, 5.74) is 3.35. The van der Waals surface area contributed by atoms with E-state index >= 15 is 0 Å². The van der Waals surface area contributed by atoms with E-state index in [2.05, 4.69) is 15.6 Å². The molecule has 0 aliphatic heterocycles. The molecule has 2 aromatic carbocycles. The standard InChI is InChI=1S/C21H21FN4O/c1-26(2)18-10-7-16(8-11-18)25-21(27)20-12-9-17(14-24-20)23-13-15-5-3-4-6-19(15)22/h3-12,14,23H,13H2,1-2H3,(H,25,27). The van der Waals surface area contributed by atoms with Gasteiger partial charge in [-0.3, -0.25) is 4.79 Å². The highest BCUT2D eigenvalue weighted by molar-refractivity contribution is 6.03. The molecule has 0 spiro atoms. The summed E-state index contributed by atoms with van der Waals surface area (Å²) in [7, 11) is 3.92. The van der Waals surface area contributed by atoms with Crippen LogP contribution < -0.4 is 15.5 Å².